The number of amides is 1. The van der Waals surface area contributed by atoms with Crippen molar-refractivity contribution in [2.24, 2.45) is 11.1 Å². The molecule has 0 aliphatic heterocycles. The van der Waals surface area contributed by atoms with E-state index in [9.17, 15) is 4.79 Å². The number of hydrogen-bond donors (Lipinski definition) is 1. The SMILES string of the molecule is CCCN(CC(C)(C)CN)C(=O)c1ccoc1C. The van der Waals surface area contributed by atoms with Crippen LogP contribution in [0.1, 0.15) is 43.3 Å². The molecule has 102 valence electrons. The number of hydrogen-bond acceptors (Lipinski definition) is 3. The summed E-state index contributed by atoms with van der Waals surface area (Å²) < 4.78 is 5.20. The van der Waals surface area contributed by atoms with E-state index in [1.807, 2.05) is 11.8 Å². The molecule has 1 heterocycles. The average molecular weight is 252 g/mol. The van der Waals surface area contributed by atoms with Crippen molar-refractivity contribution < 1.29 is 9.21 Å². The number of carbonyl (C=O) groups is 1. The highest BCUT2D eigenvalue weighted by molar-refractivity contribution is 5.95. The molecule has 0 saturated heterocycles. The highest BCUT2D eigenvalue weighted by Gasteiger charge is 2.25. The molecule has 4 heteroatoms. The van der Waals surface area contributed by atoms with Gasteiger partial charge in [0, 0.05) is 13.1 Å². The molecule has 0 radical (unpaired) electrons. The molecule has 2 N–H and O–H groups in total. The maximum Gasteiger partial charge on any atom is 0.257 e. The first-order valence-electron chi connectivity index (χ1n) is 6.44. The van der Waals surface area contributed by atoms with Gasteiger partial charge in [0.2, 0.25) is 0 Å². The van der Waals surface area contributed by atoms with E-state index >= 15 is 0 Å². The van der Waals surface area contributed by atoms with Crippen LogP contribution in [0.15, 0.2) is 16.7 Å². The Morgan fingerprint density at radius 2 is 2.17 bits per heavy atom. The zero-order chi connectivity index (χ0) is 13.8. The third-order valence-corrected chi connectivity index (χ3v) is 3.04. The van der Waals surface area contributed by atoms with Gasteiger partial charge in [-0.25, -0.2) is 0 Å². The van der Waals surface area contributed by atoms with Gasteiger partial charge < -0.3 is 15.1 Å². The standard InChI is InChI=1S/C14H24N2O2/c1-5-7-16(10-14(3,4)9-15)13(17)12-6-8-18-11(12)2/h6,8H,5,7,9-10,15H2,1-4H3. The zero-order valence-electron chi connectivity index (χ0n) is 11.8. The summed E-state index contributed by atoms with van der Waals surface area (Å²) in [5, 5.41) is 0. The fraction of sp³-hybridized carbons (Fsp3) is 0.643. The zero-order valence-corrected chi connectivity index (χ0v) is 11.8. The van der Waals surface area contributed by atoms with Crippen LogP contribution in [0.2, 0.25) is 0 Å². The number of furan rings is 1. The van der Waals surface area contributed by atoms with Crippen LogP contribution in [0.3, 0.4) is 0 Å². The first kappa shape index (κ1) is 14.8. The number of carbonyl (C=O) groups excluding carboxylic acids is 1. The van der Waals surface area contributed by atoms with E-state index in [4.69, 9.17) is 10.2 Å². The lowest BCUT2D eigenvalue weighted by Gasteiger charge is -2.31. The molecular weight excluding hydrogens is 228 g/mol. The third-order valence-electron chi connectivity index (χ3n) is 3.04. The van der Waals surface area contributed by atoms with E-state index in [0.29, 0.717) is 24.4 Å². The predicted molar refractivity (Wildman–Crippen MR) is 72.5 cm³/mol. The molecule has 1 aromatic rings. The lowest BCUT2D eigenvalue weighted by atomic mass is 9.92. The maximum absolute atomic E-state index is 12.4. The molecule has 4 nitrogen and oxygen atoms in total. The van der Waals surface area contributed by atoms with Gasteiger partial charge >= 0.3 is 0 Å². The van der Waals surface area contributed by atoms with Gasteiger partial charge in [0.1, 0.15) is 5.76 Å². The quantitative estimate of drug-likeness (QED) is 0.846. The van der Waals surface area contributed by atoms with Crippen molar-refractivity contribution in [1.29, 1.82) is 0 Å². The Kier molecular flexibility index (Phi) is 4.96. The van der Waals surface area contributed by atoms with Crippen LogP contribution in [-0.4, -0.2) is 30.4 Å². The summed E-state index contributed by atoms with van der Waals surface area (Å²) in [6, 6.07) is 1.73. The summed E-state index contributed by atoms with van der Waals surface area (Å²) in [5.41, 5.74) is 6.33. The van der Waals surface area contributed by atoms with Gasteiger partial charge in [0.25, 0.3) is 5.91 Å². The number of aryl methyl sites for hydroxylation is 1. The van der Waals surface area contributed by atoms with Crippen LogP contribution in [0.25, 0.3) is 0 Å². The fourth-order valence-electron chi connectivity index (χ4n) is 1.88. The van der Waals surface area contributed by atoms with Gasteiger partial charge in [-0.05, 0) is 31.4 Å². The van der Waals surface area contributed by atoms with Crippen molar-refractivity contribution >= 4 is 5.91 Å². The van der Waals surface area contributed by atoms with E-state index in [0.717, 1.165) is 13.0 Å². The third kappa shape index (κ3) is 3.60. The summed E-state index contributed by atoms with van der Waals surface area (Å²) >= 11 is 0. The first-order chi connectivity index (χ1) is 8.41. The first-order valence-corrected chi connectivity index (χ1v) is 6.44. The van der Waals surface area contributed by atoms with E-state index < -0.39 is 0 Å². The van der Waals surface area contributed by atoms with Crippen molar-refractivity contribution in [3.05, 3.63) is 23.7 Å². The van der Waals surface area contributed by atoms with Gasteiger partial charge in [-0.2, -0.15) is 0 Å². The largest absolute Gasteiger partial charge is 0.469 e. The Bertz CT molecular complexity index is 396. The Hall–Kier alpha value is -1.29. The predicted octanol–water partition coefficient (Wildman–Crippen LogP) is 2.43. The lowest BCUT2D eigenvalue weighted by Crippen LogP contribution is -2.42. The molecule has 0 saturated carbocycles. The minimum atomic E-state index is -0.0670. The van der Waals surface area contributed by atoms with Crippen molar-refractivity contribution in [1.82, 2.24) is 4.90 Å². The number of nitrogens with zero attached hydrogens (tertiary/aromatic N) is 1. The minimum Gasteiger partial charge on any atom is -0.469 e. The van der Waals surface area contributed by atoms with Gasteiger partial charge in [-0.3, -0.25) is 4.79 Å². The summed E-state index contributed by atoms with van der Waals surface area (Å²) in [5.74, 6) is 0.705. The monoisotopic (exact) mass is 252 g/mol. The topological polar surface area (TPSA) is 59.5 Å². The molecule has 1 amide bonds. The molecule has 0 unspecified atom stereocenters. The van der Waals surface area contributed by atoms with Gasteiger partial charge in [0.05, 0.1) is 11.8 Å². The normalized spacial score (nSPS) is 11.6. The van der Waals surface area contributed by atoms with Crippen LogP contribution in [-0.2, 0) is 0 Å². The van der Waals surface area contributed by atoms with Crippen LogP contribution >= 0.6 is 0 Å². The summed E-state index contributed by atoms with van der Waals surface area (Å²) in [6.45, 7) is 10.00. The van der Waals surface area contributed by atoms with Crippen molar-refractivity contribution in [3.63, 3.8) is 0 Å². The number of rotatable bonds is 6. The molecule has 0 aliphatic rings. The van der Waals surface area contributed by atoms with Crippen LogP contribution in [0.5, 0.6) is 0 Å². The second-order valence-electron chi connectivity index (χ2n) is 5.49. The smallest absolute Gasteiger partial charge is 0.257 e. The summed E-state index contributed by atoms with van der Waals surface area (Å²) in [4.78, 5) is 14.3. The molecular formula is C14H24N2O2. The van der Waals surface area contributed by atoms with Crippen LogP contribution in [0, 0.1) is 12.3 Å². The molecule has 18 heavy (non-hydrogen) atoms. The molecule has 0 bridgehead atoms. The summed E-state index contributed by atoms with van der Waals surface area (Å²) in [6.07, 6.45) is 2.49. The van der Waals surface area contributed by atoms with Crippen molar-refractivity contribution in [2.45, 2.75) is 34.1 Å². The van der Waals surface area contributed by atoms with Gasteiger partial charge in [-0.15, -0.1) is 0 Å². The Morgan fingerprint density at radius 3 is 2.61 bits per heavy atom. The molecule has 0 atom stereocenters. The van der Waals surface area contributed by atoms with Gasteiger partial charge in [0.15, 0.2) is 0 Å². The van der Waals surface area contributed by atoms with Crippen molar-refractivity contribution in [2.75, 3.05) is 19.6 Å². The second kappa shape index (κ2) is 6.05. The fourth-order valence-corrected chi connectivity index (χ4v) is 1.88. The Balaban J connectivity index is 2.85. The highest BCUT2D eigenvalue weighted by Crippen LogP contribution is 2.19. The van der Waals surface area contributed by atoms with E-state index in [1.165, 1.54) is 0 Å². The summed E-state index contributed by atoms with van der Waals surface area (Å²) in [7, 11) is 0. The van der Waals surface area contributed by atoms with Crippen LogP contribution in [0.4, 0.5) is 0 Å². The molecule has 0 spiro atoms. The van der Waals surface area contributed by atoms with E-state index in [1.54, 1.807) is 12.3 Å². The minimum absolute atomic E-state index is 0.0321. The number of nitrogens with two attached hydrogens (primary N) is 1. The van der Waals surface area contributed by atoms with Crippen LogP contribution < -0.4 is 5.73 Å². The molecule has 1 aromatic heterocycles. The van der Waals surface area contributed by atoms with Crippen molar-refractivity contribution in [3.8, 4) is 0 Å². The van der Waals surface area contributed by atoms with E-state index in [-0.39, 0.29) is 11.3 Å². The van der Waals surface area contributed by atoms with E-state index in [2.05, 4.69) is 20.8 Å². The average Bonchev–Trinajstić information content (AvgIpc) is 2.74. The lowest BCUT2D eigenvalue weighted by molar-refractivity contribution is 0.0687. The molecule has 1 rings (SSSR count). The molecule has 0 aromatic carbocycles. The Morgan fingerprint density at radius 1 is 1.50 bits per heavy atom. The second-order valence-corrected chi connectivity index (χ2v) is 5.49. The highest BCUT2D eigenvalue weighted by atomic mass is 16.3. The maximum atomic E-state index is 12.4. The molecule has 0 fully saturated rings. The van der Waals surface area contributed by atoms with Gasteiger partial charge in [-0.1, -0.05) is 20.8 Å². The molecule has 0 aliphatic carbocycles. The Labute approximate surface area is 109 Å².